The normalized spacial score (nSPS) is 14.5. The van der Waals surface area contributed by atoms with E-state index in [9.17, 15) is 14.4 Å². The van der Waals surface area contributed by atoms with Crippen LogP contribution >= 0.6 is 0 Å². The summed E-state index contributed by atoms with van der Waals surface area (Å²) in [4.78, 5) is 42.6. The van der Waals surface area contributed by atoms with E-state index in [4.69, 9.17) is 4.74 Å². The number of amides is 2. The van der Waals surface area contributed by atoms with Crippen molar-refractivity contribution >= 4 is 28.7 Å². The van der Waals surface area contributed by atoms with E-state index in [1.807, 2.05) is 32.3 Å². The fourth-order valence-electron chi connectivity index (χ4n) is 3.54. The molecule has 7 nitrogen and oxygen atoms in total. The van der Waals surface area contributed by atoms with Gasteiger partial charge in [-0.3, -0.25) is 14.5 Å². The summed E-state index contributed by atoms with van der Waals surface area (Å²) in [6.45, 7) is 3.31. The van der Waals surface area contributed by atoms with Crippen LogP contribution < -0.4 is 0 Å². The van der Waals surface area contributed by atoms with Crippen molar-refractivity contribution in [3.63, 3.8) is 0 Å². The molecule has 0 saturated carbocycles. The Morgan fingerprint density at radius 1 is 1.18 bits per heavy atom. The lowest BCUT2D eigenvalue weighted by Crippen LogP contribution is -2.31. The lowest BCUT2D eigenvalue weighted by Gasteiger charge is -2.13. The first-order valence-corrected chi connectivity index (χ1v) is 9.69. The number of rotatable bonds is 8. The number of carbonyl (C=O) groups excluding carboxylic acids is 3. The summed E-state index contributed by atoms with van der Waals surface area (Å²) in [6, 6.07) is 5.96. The second kappa shape index (κ2) is 8.56. The van der Waals surface area contributed by atoms with E-state index in [2.05, 4.69) is 9.88 Å². The van der Waals surface area contributed by atoms with Crippen LogP contribution in [0, 0.1) is 0 Å². The molecule has 1 aliphatic heterocycles. The van der Waals surface area contributed by atoms with Gasteiger partial charge >= 0.3 is 5.97 Å². The third-order valence-corrected chi connectivity index (χ3v) is 5.04. The Hall–Kier alpha value is -2.67. The molecule has 150 valence electrons. The number of likely N-dealkylation sites (tertiary alicyclic amines) is 1. The Bertz CT molecular complexity index is 884. The van der Waals surface area contributed by atoms with Crippen molar-refractivity contribution in [2.45, 2.75) is 32.6 Å². The van der Waals surface area contributed by atoms with Crippen LogP contribution in [0.1, 0.15) is 41.4 Å². The molecule has 1 saturated heterocycles. The number of carbonyl (C=O) groups is 3. The highest BCUT2D eigenvalue weighted by Gasteiger charge is 2.28. The van der Waals surface area contributed by atoms with E-state index in [1.165, 1.54) is 4.90 Å². The minimum absolute atomic E-state index is 0.0935. The number of H-pyrrole nitrogens is 1. The highest BCUT2D eigenvalue weighted by Crippen LogP contribution is 2.26. The molecular weight excluding hydrogens is 358 g/mol. The quantitative estimate of drug-likeness (QED) is 0.556. The van der Waals surface area contributed by atoms with Gasteiger partial charge in [0, 0.05) is 36.8 Å². The number of benzene rings is 1. The number of fused-ring (bicyclic) bond motifs is 1. The molecule has 1 aromatic carbocycles. The Kier molecular flexibility index (Phi) is 6.14. The van der Waals surface area contributed by atoms with Gasteiger partial charge in [-0.2, -0.15) is 0 Å². The summed E-state index contributed by atoms with van der Waals surface area (Å²) in [5.41, 5.74) is 3.35. The summed E-state index contributed by atoms with van der Waals surface area (Å²) in [5.74, 6) is -0.532. The van der Waals surface area contributed by atoms with Crippen LogP contribution in [0.4, 0.5) is 0 Å². The van der Waals surface area contributed by atoms with Crippen molar-refractivity contribution in [1.82, 2.24) is 14.8 Å². The molecule has 28 heavy (non-hydrogen) atoms. The number of esters is 1. The summed E-state index contributed by atoms with van der Waals surface area (Å²) in [6.07, 6.45) is 1.94. The molecule has 1 fully saturated rings. The molecule has 0 aliphatic carbocycles. The second-order valence-corrected chi connectivity index (χ2v) is 7.32. The number of aromatic nitrogens is 1. The second-order valence-electron chi connectivity index (χ2n) is 7.32. The molecule has 7 heteroatoms. The van der Waals surface area contributed by atoms with Gasteiger partial charge < -0.3 is 14.6 Å². The zero-order valence-corrected chi connectivity index (χ0v) is 16.7. The molecule has 0 bridgehead atoms. The maximum absolute atomic E-state index is 12.4. The number of hydrogen-bond donors (Lipinski definition) is 1. The predicted octanol–water partition coefficient (Wildman–Crippen LogP) is 2.14. The molecule has 0 spiro atoms. The molecule has 1 N–H and O–H groups in total. The number of imide groups is 1. The van der Waals surface area contributed by atoms with E-state index in [0.29, 0.717) is 44.5 Å². The molecule has 1 aliphatic rings. The molecule has 1 aromatic heterocycles. The third kappa shape index (κ3) is 4.25. The first kappa shape index (κ1) is 20.1. The summed E-state index contributed by atoms with van der Waals surface area (Å²) in [5, 5.41) is 0.987. The van der Waals surface area contributed by atoms with Gasteiger partial charge in [-0.1, -0.05) is 6.07 Å². The zero-order chi connectivity index (χ0) is 20.3. The Morgan fingerprint density at radius 3 is 2.54 bits per heavy atom. The number of likely N-dealkylation sites (N-methyl/N-ethyl adjacent to an activating group) is 1. The largest absolute Gasteiger partial charge is 0.461 e. The fourth-order valence-corrected chi connectivity index (χ4v) is 3.54. The summed E-state index contributed by atoms with van der Waals surface area (Å²) >= 11 is 0. The maximum atomic E-state index is 12.4. The number of aromatic amines is 1. The predicted molar refractivity (Wildman–Crippen MR) is 106 cm³/mol. The van der Waals surface area contributed by atoms with Gasteiger partial charge in [-0.15, -0.1) is 0 Å². The minimum atomic E-state index is -0.345. The average Bonchev–Trinajstić information content (AvgIpc) is 3.18. The van der Waals surface area contributed by atoms with Crippen LogP contribution in [-0.4, -0.2) is 66.4 Å². The van der Waals surface area contributed by atoms with Crippen molar-refractivity contribution in [3.05, 3.63) is 35.0 Å². The number of nitrogens with zero attached hydrogens (tertiary/aromatic N) is 2. The first-order valence-electron chi connectivity index (χ1n) is 9.69. The lowest BCUT2D eigenvalue weighted by molar-refractivity contribution is -0.138. The molecule has 0 radical (unpaired) electrons. The van der Waals surface area contributed by atoms with Gasteiger partial charge in [0.25, 0.3) is 0 Å². The van der Waals surface area contributed by atoms with Gasteiger partial charge in [0.05, 0.1) is 6.61 Å². The van der Waals surface area contributed by atoms with E-state index >= 15 is 0 Å². The summed E-state index contributed by atoms with van der Waals surface area (Å²) in [7, 11) is 3.99. The van der Waals surface area contributed by atoms with E-state index < -0.39 is 0 Å². The molecule has 3 rings (SSSR count). The van der Waals surface area contributed by atoms with Crippen molar-refractivity contribution in [2.24, 2.45) is 0 Å². The highest BCUT2D eigenvalue weighted by atomic mass is 16.5. The van der Waals surface area contributed by atoms with Crippen LogP contribution in [-0.2, 0) is 27.2 Å². The number of ether oxygens (including phenoxy) is 1. The SMILES string of the molecule is CCOC(=O)c1[nH]c2ccc(CCN3C(=O)CCC3=O)cc2c1CCN(C)C. The molecule has 0 unspecified atom stereocenters. The topological polar surface area (TPSA) is 82.7 Å². The average molecular weight is 385 g/mol. The van der Waals surface area contributed by atoms with Gasteiger partial charge in [-0.25, -0.2) is 4.79 Å². The highest BCUT2D eigenvalue weighted by molar-refractivity contribution is 6.02. The van der Waals surface area contributed by atoms with Crippen LogP contribution in [0.2, 0.25) is 0 Å². The molecule has 2 amide bonds. The first-order chi connectivity index (χ1) is 13.4. The van der Waals surface area contributed by atoms with Crippen molar-refractivity contribution in [3.8, 4) is 0 Å². The molecule has 2 aromatic rings. The standard InChI is InChI=1S/C21H27N3O4/c1-4-28-21(27)20-15(10-11-23(2)3)16-13-14(5-6-17(16)22-20)9-12-24-18(25)7-8-19(24)26/h5-6,13,22H,4,7-12H2,1-3H3. The number of hydrogen-bond acceptors (Lipinski definition) is 5. The van der Waals surface area contributed by atoms with E-state index in [-0.39, 0.29) is 17.8 Å². The number of nitrogens with one attached hydrogen (secondary N) is 1. The monoisotopic (exact) mass is 385 g/mol. The van der Waals surface area contributed by atoms with Crippen LogP contribution in [0.15, 0.2) is 18.2 Å². The zero-order valence-electron chi connectivity index (χ0n) is 16.7. The molecular formula is C21H27N3O4. The smallest absolute Gasteiger partial charge is 0.355 e. The van der Waals surface area contributed by atoms with Gasteiger partial charge in [0.1, 0.15) is 5.69 Å². The van der Waals surface area contributed by atoms with Crippen molar-refractivity contribution < 1.29 is 19.1 Å². The van der Waals surface area contributed by atoms with Gasteiger partial charge in [-0.05, 0) is 57.1 Å². The maximum Gasteiger partial charge on any atom is 0.355 e. The third-order valence-electron chi connectivity index (χ3n) is 5.04. The van der Waals surface area contributed by atoms with Gasteiger partial charge in [0.15, 0.2) is 0 Å². The van der Waals surface area contributed by atoms with E-state index in [1.54, 1.807) is 6.92 Å². The Labute approximate surface area is 164 Å². The molecule has 2 heterocycles. The Balaban J connectivity index is 1.88. The Morgan fingerprint density at radius 2 is 1.89 bits per heavy atom. The fraction of sp³-hybridized carbons (Fsp3) is 0.476. The van der Waals surface area contributed by atoms with Crippen molar-refractivity contribution in [1.29, 1.82) is 0 Å². The lowest BCUT2D eigenvalue weighted by atomic mass is 10.0. The molecule has 0 atom stereocenters. The van der Waals surface area contributed by atoms with Crippen LogP contribution in [0.5, 0.6) is 0 Å². The summed E-state index contributed by atoms with van der Waals surface area (Å²) < 4.78 is 5.21. The van der Waals surface area contributed by atoms with E-state index in [0.717, 1.165) is 28.6 Å². The van der Waals surface area contributed by atoms with Gasteiger partial charge in [0.2, 0.25) is 11.8 Å². The minimum Gasteiger partial charge on any atom is -0.461 e. The van der Waals surface area contributed by atoms with Crippen molar-refractivity contribution in [2.75, 3.05) is 33.8 Å². The van der Waals surface area contributed by atoms with Crippen LogP contribution in [0.3, 0.4) is 0 Å². The van der Waals surface area contributed by atoms with Crippen LogP contribution in [0.25, 0.3) is 10.9 Å².